The molecule has 3 aromatic rings. The molecule has 4 N–H and O–H groups in total. The minimum absolute atomic E-state index is 0.0972. The van der Waals surface area contributed by atoms with Crippen LogP contribution in [0.1, 0.15) is 13.3 Å². The van der Waals surface area contributed by atoms with Crippen LogP contribution >= 0.6 is 11.6 Å². The number of halogens is 1. The third-order valence-corrected chi connectivity index (χ3v) is 4.09. The van der Waals surface area contributed by atoms with E-state index in [9.17, 15) is 4.79 Å². The van der Waals surface area contributed by atoms with Gasteiger partial charge in [0.15, 0.2) is 0 Å². The summed E-state index contributed by atoms with van der Waals surface area (Å²) in [7, 11) is 0. The van der Waals surface area contributed by atoms with Gasteiger partial charge in [0.25, 0.3) is 0 Å². The Morgan fingerprint density at radius 3 is 2.79 bits per heavy atom. The minimum Gasteiger partial charge on any atom is -0.396 e. The van der Waals surface area contributed by atoms with E-state index >= 15 is 0 Å². The number of hydrogen-bond acceptors (Lipinski definition) is 7. The van der Waals surface area contributed by atoms with E-state index < -0.39 is 0 Å². The van der Waals surface area contributed by atoms with Crippen LogP contribution in [0.3, 0.4) is 0 Å². The van der Waals surface area contributed by atoms with Crippen LogP contribution in [0, 0.1) is 0 Å². The molecule has 0 aliphatic rings. The second-order valence-corrected chi connectivity index (χ2v) is 6.67. The molecule has 0 saturated heterocycles. The number of anilines is 4. The molecule has 2 heterocycles. The Morgan fingerprint density at radius 2 is 2.03 bits per heavy atom. The number of nitrogens with zero attached hydrogens (tertiary/aromatic N) is 3. The second-order valence-electron chi connectivity index (χ2n) is 6.23. The van der Waals surface area contributed by atoms with Gasteiger partial charge in [0.2, 0.25) is 5.91 Å². The zero-order chi connectivity index (χ0) is 20.6. The molecule has 1 amide bonds. The van der Waals surface area contributed by atoms with Crippen molar-refractivity contribution in [3.63, 3.8) is 0 Å². The Kier molecular flexibility index (Phi) is 6.94. The number of aromatic nitrogens is 3. The molecule has 0 atom stereocenters. The van der Waals surface area contributed by atoms with E-state index in [-0.39, 0.29) is 12.5 Å². The Morgan fingerprint density at radius 1 is 1.17 bits per heavy atom. The summed E-state index contributed by atoms with van der Waals surface area (Å²) in [6, 6.07) is 9.11. The van der Waals surface area contributed by atoms with E-state index in [2.05, 4.69) is 30.9 Å². The van der Waals surface area contributed by atoms with E-state index in [4.69, 9.17) is 16.7 Å². The SMILES string of the molecule is CC(=O)Nc1ncc(NCCCO)cc1-c1cncc(Nc2cccc(Cl)c2)n1. The highest BCUT2D eigenvalue weighted by molar-refractivity contribution is 6.30. The number of aliphatic hydroxyl groups is 1. The van der Waals surface area contributed by atoms with E-state index in [1.807, 2.05) is 18.2 Å². The minimum atomic E-state index is -0.235. The predicted molar refractivity (Wildman–Crippen MR) is 114 cm³/mol. The summed E-state index contributed by atoms with van der Waals surface area (Å²) in [5.74, 6) is 0.678. The van der Waals surface area contributed by atoms with Crippen molar-refractivity contribution in [3.8, 4) is 11.3 Å². The zero-order valence-corrected chi connectivity index (χ0v) is 16.6. The van der Waals surface area contributed by atoms with Crippen molar-refractivity contribution in [2.24, 2.45) is 0 Å². The molecular formula is C20H21ClN6O2. The number of carbonyl (C=O) groups excluding carboxylic acids is 1. The molecule has 0 saturated carbocycles. The van der Waals surface area contributed by atoms with Gasteiger partial charge in [-0.1, -0.05) is 17.7 Å². The molecule has 3 rings (SSSR count). The third-order valence-electron chi connectivity index (χ3n) is 3.85. The Labute approximate surface area is 173 Å². The molecule has 0 bridgehead atoms. The van der Waals surface area contributed by atoms with E-state index in [1.54, 1.807) is 30.7 Å². The Hall–Kier alpha value is -3.23. The van der Waals surface area contributed by atoms with E-state index in [0.717, 1.165) is 11.4 Å². The smallest absolute Gasteiger partial charge is 0.222 e. The highest BCUT2D eigenvalue weighted by atomic mass is 35.5. The van der Waals surface area contributed by atoms with Gasteiger partial charge in [-0.05, 0) is 30.7 Å². The van der Waals surface area contributed by atoms with Crippen LogP contribution in [0.5, 0.6) is 0 Å². The fourth-order valence-corrected chi connectivity index (χ4v) is 2.80. The molecule has 8 nitrogen and oxygen atoms in total. The van der Waals surface area contributed by atoms with Gasteiger partial charge in [0, 0.05) is 36.3 Å². The molecule has 0 radical (unpaired) electrons. The van der Waals surface area contributed by atoms with Crippen molar-refractivity contribution >= 4 is 40.5 Å². The van der Waals surface area contributed by atoms with Gasteiger partial charge in [-0.3, -0.25) is 9.78 Å². The number of rotatable bonds is 8. The van der Waals surface area contributed by atoms with Crippen molar-refractivity contribution < 1.29 is 9.90 Å². The third kappa shape index (κ3) is 5.87. The number of benzene rings is 1. The van der Waals surface area contributed by atoms with Gasteiger partial charge in [-0.25, -0.2) is 9.97 Å². The number of aliphatic hydroxyl groups excluding tert-OH is 1. The van der Waals surface area contributed by atoms with Gasteiger partial charge in [-0.15, -0.1) is 0 Å². The lowest BCUT2D eigenvalue weighted by molar-refractivity contribution is -0.114. The van der Waals surface area contributed by atoms with Gasteiger partial charge >= 0.3 is 0 Å². The fourth-order valence-electron chi connectivity index (χ4n) is 2.60. The summed E-state index contributed by atoms with van der Waals surface area (Å²) in [5, 5.41) is 18.6. The Bertz CT molecular complexity index is 998. The zero-order valence-electron chi connectivity index (χ0n) is 15.8. The van der Waals surface area contributed by atoms with E-state index in [0.29, 0.717) is 40.9 Å². The van der Waals surface area contributed by atoms with Crippen LogP contribution in [0.4, 0.5) is 23.0 Å². The van der Waals surface area contributed by atoms with Gasteiger partial charge in [0.05, 0.1) is 30.0 Å². The maximum atomic E-state index is 11.6. The molecular weight excluding hydrogens is 392 g/mol. The number of amides is 1. The van der Waals surface area contributed by atoms with Gasteiger partial charge < -0.3 is 21.1 Å². The molecule has 0 aliphatic carbocycles. The first-order valence-corrected chi connectivity index (χ1v) is 9.40. The molecule has 9 heteroatoms. The van der Waals surface area contributed by atoms with Crippen molar-refractivity contribution in [2.75, 3.05) is 29.1 Å². The first-order valence-electron chi connectivity index (χ1n) is 9.02. The summed E-state index contributed by atoms with van der Waals surface area (Å²) < 4.78 is 0. The lowest BCUT2D eigenvalue weighted by atomic mass is 10.1. The summed E-state index contributed by atoms with van der Waals surface area (Å²) >= 11 is 6.03. The largest absolute Gasteiger partial charge is 0.396 e. The van der Waals surface area contributed by atoms with Crippen molar-refractivity contribution in [3.05, 3.63) is 53.9 Å². The van der Waals surface area contributed by atoms with Crippen LogP contribution in [-0.2, 0) is 4.79 Å². The monoisotopic (exact) mass is 412 g/mol. The second kappa shape index (κ2) is 9.81. The average Bonchev–Trinajstić information content (AvgIpc) is 2.69. The molecule has 150 valence electrons. The molecule has 0 aliphatic heterocycles. The molecule has 1 aromatic carbocycles. The summed E-state index contributed by atoms with van der Waals surface area (Å²) in [5.41, 5.74) is 2.69. The summed E-state index contributed by atoms with van der Waals surface area (Å²) in [4.78, 5) is 24.8. The number of pyridine rings is 1. The van der Waals surface area contributed by atoms with Crippen LogP contribution in [0.15, 0.2) is 48.9 Å². The lowest BCUT2D eigenvalue weighted by Crippen LogP contribution is -2.10. The maximum absolute atomic E-state index is 11.6. The molecule has 0 spiro atoms. The molecule has 29 heavy (non-hydrogen) atoms. The van der Waals surface area contributed by atoms with Crippen LogP contribution in [0.25, 0.3) is 11.3 Å². The van der Waals surface area contributed by atoms with Crippen molar-refractivity contribution in [1.82, 2.24) is 15.0 Å². The highest BCUT2D eigenvalue weighted by Crippen LogP contribution is 2.28. The Balaban J connectivity index is 1.92. The summed E-state index contributed by atoms with van der Waals surface area (Å²) in [6.45, 7) is 2.11. The van der Waals surface area contributed by atoms with Gasteiger partial charge in [0.1, 0.15) is 11.6 Å². The van der Waals surface area contributed by atoms with Gasteiger partial charge in [-0.2, -0.15) is 0 Å². The molecule has 0 unspecified atom stereocenters. The molecule has 0 fully saturated rings. The van der Waals surface area contributed by atoms with Crippen LogP contribution in [-0.4, -0.2) is 39.1 Å². The average molecular weight is 413 g/mol. The summed E-state index contributed by atoms with van der Waals surface area (Å²) in [6.07, 6.45) is 5.43. The normalized spacial score (nSPS) is 10.4. The lowest BCUT2D eigenvalue weighted by Gasteiger charge is -2.13. The van der Waals surface area contributed by atoms with E-state index in [1.165, 1.54) is 6.92 Å². The van der Waals surface area contributed by atoms with Crippen molar-refractivity contribution in [2.45, 2.75) is 13.3 Å². The maximum Gasteiger partial charge on any atom is 0.222 e. The molecule has 2 aromatic heterocycles. The van der Waals surface area contributed by atoms with Crippen molar-refractivity contribution in [1.29, 1.82) is 0 Å². The first-order chi connectivity index (χ1) is 14.0. The predicted octanol–water partition coefficient (Wildman–Crippen LogP) is 3.69. The quantitative estimate of drug-likeness (QED) is 0.417. The number of nitrogens with one attached hydrogen (secondary N) is 3. The highest BCUT2D eigenvalue weighted by Gasteiger charge is 2.12. The van der Waals surface area contributed by atoms with Crippen LogP contribution < -0.4 is 16.0 Å². The number of hydrogen-bond donors (Lipinski definition) is 4. The fraction of sp³-hybridized carbons (Fsp3) is 0.200. The van der Waals surface area contributed by atoms with Crippen LogP contribution in [0.2, 0.25) is 5.02 Å². The topological polar surface area (TPSA) is 112 Å². The first kappa shape index (κ1) is 20.5. The standard InChI is InChI=1S/C20H21ClN6O2/c1-13(29)25-20-17(9-16(10-24-20)23-6-3-7-28)18-11-22-12-19(27-18)26-15-5-2-4-14(21)8-15/h2,4-5,8-12,23,28H,3,6-7H2,1H3,(H,26,27)(H,24,25,29). The number of carbonyl (C=O) groups is 1.